The van der Waals surface area contributed by atoms with Crippen LogP contribution in [0.2, 0.25) is 0 Å². The van der Waals surface area contributed by atoms with Crippen molar-refractivity contribution in [3.8, 4) is 0 Å². The minimum absolute atomic E-state index is 0.585. The van der Waals surface area contributed by atoms with Crippen LogP contribution in [0.15, 0.2) is 24.3 Å². The molecule has 0 spiro atoms. The largest absolute Gasteiger partial charge is 0.314 e. The number of hydrogen-bond donors (Lipinski definition) is 2. The first kappa shape index (κ1) is 14.5. The van der Waals surface area contributed by atoms with Crippen LogP contribution in [0.3, 0.4) is 0 Å². The first-order valence-corrected chi connectivity index (χ1v) is 7.82. The third-order valence-corrected chi connectivity index (χ3v) is 4.14. The molecule has 1 fully saturated rings. The number of piperidine rings is 1. The molecule has 1 aromatic carbocycles. The van der Waals surface area contributed by atoms with Crippen molar-refractivity contribution in [2.45, 2.75) is 64.6 Å². The highest BCUT2D eigenvalue weighted by Gasteiger charge is 2.15. The van der Waals surface area contributed by atoms with Gasteiger partial charge in [0.2, 0.25) is 0 Å². The van der Waals surface area contributed by atoms with Crippen molar-refractivity contribution in [3.63, 3.8) is 0 Å². The summed E-state index contributed by atoms with van der Waals surface area (Å²) in [4.78, 5) is 0. The fourth-order valence-electron chi connectivity index (χ4n) is 2.82. The number of rotatable bonds is 6. The number of hydrogen-bond acceptors (Lipinski definition) is 2. The molecule has 19 heavy (non-hydrogen) atoms. The molecule has 2 rings (SSSR count). The van der Waals surface area contributed by atoms with Crippen LogP contribution in [0.1, 0.15) is 50.7 Å². The molecule has 0 aromatic heterocycles. The Kier molecular flexibility index (Phi) is 5.87. The zero-order valence-electron chi connectivity index (χ0n) is 12.4. The zero-order valence-corrected chi connectivity index (χ0v) is 12.4. The molecule has 1 aliphatic rings. The fraction of sp³-hybridized carbons (Fsp3) is 0.647. The summed E-state index contributed by atoms with van der Waals surface area (Å²) in [7, 11) is 0. The smallest absolute Gasteiger partial charge is 0.0207 e. The molecule has 2 unspecified atom stereocenters. The van der Waals surface area contributed by atoms with Gasteiger partial charge in [0.1, 0.15) is 0 Å². The van der Waals surface area contributed by atoms with Gasteiger partial charge in [-0.2, -0.15) is 0 Å². The monoisotopic (exact) mass is 260 g/mol. The maximum Gasteiger partial charge on any atom is 0.0207 e. The van der Waals surface area contributed by atoms with Crippen molar-refractivity contribution in [2.75, 3.05) is 6.54 Å². The van der Waals surface area contributed by atoms with Gasteiger partial charge in [0, 0.05) is 18.6 Å². The normalized spacial score (nSPS) is 21.3. The Morgan fingerprint density at radius 3 is 2.58 bits per heavy atom. The topological polar surface area (TPSA) is 24.1 Å². The molecule has 0 bridgehead atoms. The van der Waals surface area contributed by atoms with Gasteiger partial charge in [-0.1, -0.05) is 37.6 Å². The predicted molar refractivity (Wildman–Crippen MR) is 82.4 cm³/mol. The van der Waals surface area contributed by atoms with Crippen LogP contribution in [0.4, 0.5) is 0 Å². The van der Waals surface area contributed by atoms with Crippen LogP contribution in [0.25, 0.3) is 0 Å². The molecule has 0 aliphatic carbocycles. The minimum atomic E-state index is 0.585. The average Bonchev–Trinajstić information content (AvgIpc) is 2.47. The van der Waals surface area contributed by atoms with Gasteiger partial charge < -0.3 is 10.6 Å². The maximum atomic E-state index is 3.64. The highest BCUT2D eigenvalue weighted by atomic mass is 15.0. The third-order valence-electron chi connectivity index (χ3n) is 4.14. The molecule has 2 atom stereocenters. The second-order valence-corrected chi connectivity index (χ2v) is 5.83. The van der Waals surface area contributed by atoms with Gasteiger partial charge in [-0.25, -0.2) is 0 Å². The van der Waals surface area contributed by atoms with Crippen molar-refractivity contribution in [2.24, 2.45) is 0 Å². The molecule has 1 aromatic rings. The Hall–Kier alpha value is -0.860. The van der Waals surface area contributed by atoms with Crippen LogP contribution in [0, 0.1) is 0 Å². The van der Waals surface area contributed by atoms with Crippen LogP contribution in [-0.4, -0.2) is 18.6 Å². The highest BCUT2D eigenvalue weighted by Crippen LogP contribution is 2.12. The molecule has 0 radical (unpaired) electrons. The average molecular weight is 260 g/mol. The number of aryl methyl sites for hydroxylation is 1. The summed E-state index contributed by atoms with van der Waals surface area (Å²) in [5.74, 6) is 0. The van der Waals surface area contributed by atoms with Crippen LogP contribution >= 0.6 is 0 Å². The van der Waals surface area contributed by atoms with E-state index in [0.29, 0.717) is 6.04 Å². The van der Waals surface area contributed by atoms with E-state index in [1.165, 1.54) is 43.4 Å². The third kappa shape index (κ3) is 4.96. The van der Waals surface area contributed by atoms with Crippen molar-refractivity contribution in [3.05, 3.63) is 35.4 Å². The molecular formula is C17H28N2. The van der Waals surface area contributed by atoms with E-state index in [1.54, 1.807) is 0 Å². The van der Waals surface area contributed by atoms with Gasteiger partial charge in [-0.05, 0) is 50.3 Å². The molecule has 1 saturated heterocycles. The van der Waals surface area contributed by atoms with E-state index in [9.17, 15) is 0 Å². The molecule has 1 aliphatic heterocycles. The van der Waals surface area contributed by atoms with E-state index in [4.69, 9.17) is 0 Å². The minimum Gasteiger partial charge on any atom is -0.314 e. The van der Waals surface area contributed by atoms with E-state index in [0.717, 1.165) is 19.0 Å². The predicted octanol–water partition coefficient (Wildman–Crippen LogP) is 3.26. The van der Waals surface area contributed by atoms with Crippen molar-refractivity contribution in [1.82, 2.24) is 10.6 Å². The second kappa shape index (κ2) is 7.66. The Morgan fingerprint density at radius 1 is 1.21 bits per heavy atom. The molecule has 0 saturated carbocycles. The van der Waals surface area contributed by atoms with Gasteiger partial charge in [-0.3, -0.25) is 0 Å². The van der Waals surface area contributed by atoms with Gasteiger partial charge >= 0.3 is 0 Å². The Labute approximate surface area is 118 Å². The van der Waals surface area contributed by atoms with Crippen molar-refractivity contribution >= 4 is 0 Å². The van der Waals surface area contributed by atoms with E-state index in [1.807, 2.05) is 0 Å². The number of nitrogens with one attached hydrogen (secondary N) is 2. The fourth-order valence-corrected chi connectivity index (χ4v) is 2.82. The summed E-state index contributed by atoms with van der Waals surface area (Å²) in [6, 6.07) is 10.3. The summed E-state index contributed by atoms with van der Waals surface area (Å²) in [6.45, 7) is 6.69. The Balaban J connectivity index is 1.71. The highest BCUT2D eigenvalue weighted by molar-refractivity contribution is 5.22. The van der Waals surface area contributed by atoms with Gasteiger partial charge in [0.05, 0.1) is 0 Å². The quantitative estimate of drug-likeness (QED) is 0.820. The standard InChI is InChI=1S/C17H28N2/c1-3-15-7-9-16(10-8-15)13-19-14(2)12-17-6-4-5-11-18-17/h7-10,14,17-19H,3-6,11-13H2,1-2H3. The van der Waals surface area contributed by atoms with Crippen molar-refractivity contribution in [1.29, 1.82) is 0 Å². The van der Waals surface area contributed by atoms with Crippen molar-refractivity contribution < 1.29 is 0 Å². The Morgan fingerprint density at radius 2 is 1.95 bits per heavy atom. The first-order valence-electron chi connectivity index (χ1n) is 7.82. The molecule has 2 N–H and O–H groups in total. The first-order chi connectivity index (χ1) is 9.28. The lowest BCUT2D eigenvalue weighted by molar-refractivity contribution is 0.344. The molecule has 1 heterocycles. The molecule has 2 nitrogen and oxygen atoms in total. The van der Waals surface area contributed by atoms with Gasteiger partial charge in [0.15, 0.2) is 0 Å². The second-order valence-electron chi connectivity index (χ2n) is 5.83. The van der Waals surface area contributed by atoms with Crippen LogP contribution in [0.5, 0.6) is 0 Å². The maximum absolute atomic E-state index is 3.64. The van der Waals surface area contributed by atoms with Gasteiger partial charge in [0.25, 0.3) is 0 Å². The molecule has 2 heteroatoms. The summed E-state index contributed by atoms with van der Waals surface area (Å²) >= 11 is 0. The lowest BCUT2D eigenvalue weighted by Crippen LogP contribution is -2.39. The SMILES string of the molecule is CCc1ccc(CNC(C)CC2CCCCN2)cc1. The Bertz CT molecular complexity index is 352. The van der Waals surface area contributed by atoms with E-state index >= 15 is 0 Å². The lowest BCUT2D eigenvalue weighted by Gasteiger charge is -2.26. The van der Waals surface area contributed by atoms with Crippen LogP contribution in [-0.2, 0) is 13.0 Å². The van der Waals surface area contributed by atoms with E-state index in [-0.39, 0.29) is 0 Å². The summed E-state index contributed by atoms with van der Waals surface area (Å²) in [5, 5.41) is 7.27. The number of benzene rings is 1. The van der Waals surface area contributed by atoms with Crippen LogP contribution < -0.4 is 10.6 Å². The summed E-state index contributed by atoms with van der Waals surface area (Å²) in [6.07, 6.45) is 6.45. The molecular weight excluding hydrogens is 232 g/mol. The molecule has 0 amide bonds. The zero-order chi connectivity index (χ0) is 13.5. The lowest BCUT2D eigenvalue weighted by atomic mass is 9.98. The van der Waals surface area contributed by atoms with E-state index < -0.39 is 0 Å². The summed E-state index contributed by atoms with van der Waals surface area (Å²) in [5.41, 5.74) is 2.81. The summed E-state index contributed by atoms with van der Waals surface area (Å²) < 4.78 is 0. The van der Waals surface area contributed by atoms with Gasteiger partial charge in [-0.15, -0.1) is 0 Å². The molecule has 106 valence electrons. The van der Waals surface area contributed by atoms with E-state index in [2.05, 4.69) is 48.7 Å².